The number of ether oxygens (including phenoxy) is 1. The number of rotatable bonds is 5. The molecule has 10 heteroatoms. The van der Waals surface area contributed by atoms with Crippen LogP contribution in [0.5, 0.6) is 11.5 Å². The minimum atomic E-state index is -1.10. The molecule has 2 aromatic carbocycles. The van der Waals surface area contributed by atoms with Gasteiger partial charge < -0.3 is 19.6 Å². The van der Waals surface area contributed by atoms with E-state index in [0.29, 0.717) is 22.5 Å². The van der Waals surface area contributed by atoms with E-state index in [1.54, 1.807) is 6.07 Å². The first kappa shape index (κ1) is 23.7. The smallest absolute Gasteiger partial charge is 0.338 e. The SMILES string of the molecule is Cc1cccc(C)c1Oc1cc2c(N3CCCN(C)CC3)nc(-n3cc(C(=O)O)cn3)nc2cc1F. The second-order valence-corrected chi connectivity index (χ2v) is 9.09. The number of nitrogens with zero attached hydrogens (tertiary/aromatic N) is 6. The van der Waals surface area contributed by atoms with Crippen molar-refractivity contribution in [3.05, 3.63) is 65.2 Å². The summed E-state index contributed by atoms with van der Waals surface area (Å²) in [5.74, 6) is -0.143. The van der Waals surface area contributed by atoms with E-state index in [1.165, 1.54) is 23.1 Å². The lowest BCUT2D eigenvalue weighted by Gasteiger charge is -2.24. The second kappa shape index (κ2) is 9.54. The number of likely N-dealkylation sites (N-methyl/N-ethyl adjacent to an activating group) is 1. The number of fused-ring (bicyclic) bond motifs is 1. The monoisotopic (exact) mass is 490 g/mol. The van der Waals surface area contributed by atoms with Gasteiger partial charge in [-0.25, -0.2) is 18.9 Å². The van der Waals surface area contributed by atoms with Crippen LogP contribution in [-0.4, -0.2) is 69.0 Å². The van der Waals surface area contributed by atoms with Gasteiger partial charge in [0.15, 0.2) is 11.6 Å². The van der Waals surface area contributed by atoms with Gasteiger partial charge in [0, 0.05) is 37.3 Å². The fraction of sp³-hybridized carbons (Fsp3) is 0.308. The summed E-state index contributed by atoms with van der Waals surface area (Å²) in [5.41, 5.74) is 2.21. The quantitative estimate of drug-likeness (QED) is 0.445. The molecular weight excluding hydrogens is 463 g/mol. The molecule has 4 aromatic rings. The van der Waals surface area contributed by atoms with Crippen LogP contribution in [0.1, 0.15) is 27.9 Å². The maximum atomic E-state index is 15.3. The summed E-state index contributed by atoms with van der Waals surface area (Å²) < 4.78 is 22.7. The van der Waals surface area contributed by atoms with Crippen LogP contribution in [-0.2, 0) is 0 Å². The van der Waals surface area contributed by atoms with Gasteiger partial charge in [0.2, 0.25) is 0 Å². The molecule has 2 aromatic heterocycles. The Morgan fingerprint density at radius 2 is 1.86 bits per heavy atom. The zero-order valence-electron chi connectivity index (χ0n) is 20.4. The maximum Gasteiger partial charge on any atom is 0.338 e. The zero-order valence-corrected chi connectivity index (χ0v) is 20.4. The first-order valence-corrected chi connectivity index (χ1v) is 11.8. The molecule has 0 saturated carbocycles. The minimum absolute atomic E-state index is 0.0140. The average Bonchev–Trinajstić information content (AvgIpc) is 3.24. The van der Waals surface area contributed by atoms with Gasteiger partial charge in [0.1, 0.15) is 11.6 Å². The van der Waals surface area contributed by atoms with Crippen LogP contribution < -0.4 is 9.64 Å². The fourth-order valence-electron chi connectivity index (χ4n) is 4.39. The van der Waals surface area contributed by atoms with Crippen molar-refractivity contribution in [2.45, 2.75) is 20.3 Å². The number of carboxylic acid groups (broad SMARTS) is 1. The van der Waals surface area contributed by atoms with E-state index in [2.05, 4.69) is 26.9 Å². The number of aromatic carboxylic acids is 1. The van der Waals surface area contributed by atoms with Crippen molar-refractivity contribution in [1.82, 2.24) is 24.6 Å². The third-order valence-corrected chi connectivity index (χ3v) is 6.39. The molecule has 0 aliphatic carbocycles. The molecular formula is C26H27FN6O3. The lowest BCUT2D eigenvalue weighted by atomic mass is 10.1. The molecule has 3 heterocycles. The molecule has 9 nitrogen and oxygen atoms in total. The summed E-state index contributed by atoms with van der Waals surface area (Å²) in [4.78, 5) is 25.1. The van der Waals surface area contributed by atoms with E-state index in [9.17, 15) is 9.90 Å². The molecule has 1 aliphatic heterocycles. The van der Waals surface area contributed by atoms with E-state index in [-0.39, 0.29) is 17.3 Å². The van der Waals surface area contributed by atoms with Gasteiger partial charge in [0.25, 0.3) is 5.95 Å². The van der Waals surface area contributed by atoms with Crippen molar-refractivity contribution in [2.24, 2.45) is 0 Å². The Balaban J connectivity index is 1.65. The van der Waals surface area contributed by atoms with Crippen LogP contribution >= 0.6 is 0 Å². The number of carboxylic acids is 1. The highest BCUT2D eigenvalue weighted by Crippen LogP contribution is 2.35. The van der Waals surface area contributed by atoms with Crippen LogP contribution in [0.4, 0.5) is 10.2 Å². The van der Waals surface area contributed by atoms with Crippen molar-refractivity contribution in [3.8, 4) is 17.4 Å². The Kier molecular flexibility index (Phi) is 6.27. The van der Waals surface area contributed by atoms with Crippen LogP contribution in [0.25, 0.3) is 16.9 Å². The van der Waals surface area contributed by atoms with Gasteiger partial charge >= 0.3 is 5.97 Å². The Bertz CT molecular complexity index is 1430. The molecule has 1 fully saturated rings. The first-order valence-electron chi connectivity index (χ1n) is 11.8. The number of benzene rings is 2. The number of carbonyl (C=O) groups is 1. The molecule has 186 valence electrons. The zero-order chi connectivity index (χ0) is 25.4. The summed E-state index contributed by atoms with van der Waals surface area (Å²) in [7, 11) is 2.08. The third kappa shape index (κ3) is 4.59. The van der Waals surface area contributed by atoms with Crippen molar-refractivity contribution in [3.63, 3.8) is 0 Å². The summed E-state index contributed by atoms with van der Waals surface area (Å²) in [6.45, 7) is 7.14. The molecule has 1 N–H and O–H groups in total. The van der Waals surface area contributed by atoms with Crippen LogP contribution in [0.2, 0.25) is 0 Å². The van der Waals surface area contributed by atoms with Crippen LogP contribution in [0, 0.1) is 19.7 Å². The molecule has 0 radical (unpaired) electrons. The van der Waals surface area contributed by atoms with Gasteiger partial charge in [-0.2, -0.15) is 10.1 Å². The lowest BCUT2D eigenvalue weighted by molar-refractivity contribution is 0.0697. The lowest BCUT2D eigenvalue weighted by Crippen LogP contribution is -2.30. The first-order chi connectivity index (χ1) is 17.3. The molecule has 0 atom stereocenters. The number of para-hydroxylation sites is 1. The van der Waals surface area contributed by atoms with Crippen LogP contribution in [0.15, 0.2) is 42.7 Å². The molecule has 0 bridgehead atoms. The number of aromatic nitrogens is 4. The van der Waals surface area contributed by atoms with E-state index in [1.807, 2.05) is 32.0 Å². The number of hydrogen-bond acceptors (Lipinski definition) is 7. The highest BCUT2D eigenvalue weighted by Gasteiger charge is 2.22. The van der Waals surface area contributed by atoms with E-state index < -0.39 is 11.8 Å². The maximum absolute atomic E-state index is 15.3. The summed E-state index contributed by atoms with van der Waals surface area (Å²) >= 11 is 0. The Labute approximate surface area is 207 Å². The number of aryl methyl sites for hydroxylation is 2. The number of hydrogen-bond donors (Lipinski definition) is 1. The standard InChI is InChI=1S/C26H27FN6O3/c1-16-6-4-7-17(2)23(16)36-22-12-19-21(13-20(22)27)29-26(33-15-18(14-28-33)25(34)35)30-24(19)32-9-5-8-31(3)10-11-32/h4,6-7,12-15H,5,8-11H2,1-3H3,(H,34,35). The molecule has 5 rings (SSSR count). The van der Waals surface area contributed by atoms with Crippen LogP contribution in [0.3, 0.4) is 0 Å². The predicted molar refractivity (Wildman–Crippen MR) is 134 cm³/mol. The largest absolute Gasteiger partial charge is 0.478 e. The van der Waals surface area contributed by atoms with Gasteiger partial charge in [-0.3, -0.25) is 0 Å². The number of halogens is 1. The summed E-state index contributed by atoms with van der Waals surface area (Å²) in [6.07, 6.45) is 3.52. The molecule has 0 amide bonds. The van der Waals surface area contributed by atoms with Gasteiger partial charge in [-0.15, -0.1) is 0 Å². The van der Waals surface area contributed by atoms with Gasteiger partial charge in [0.05, 0.1) is 17.3 Å². The summed E-state index contributed by atoms with van der Waals surface area (Å²) in [6, 6.07) is 8.76. The summed E-state index contributed by atoms with van der Waals surface area (Å²) in [5, 5.41) is 14.0. The minimum Gasteiger partial charge on any atom is -0.478 e. The average molecular weight is 491 g/mol. The van der Waals surface area contributed by atoms with Crippen molar-refractivity contribution in [2.75, 3.05) is 38.1 Å². The number of anilines is 1. The van der Waals surface area contributed by atoms with E-state index in [0.717, 1.165) is 43.7 Å². The normalized spacial score (nSPS) is 14.7. The van der Waals surface area contributed by atoms with Crippen molar-refractivity contribution >= 4 is 22.7 Å². The Hall–Kier alpha value is -4.05. The molecule has 0 spiro atoms. The molecule has 1 saturated heterocycles. The van der Waals surface area contributed by atoms with E-state index in [4.69, 9.17) is 9.72 Å². The fourth-order valence-corrected chi connectivity index (χ4v) is 4.39. The highest BCUT2D eigenvalue weighted by atomic mass is 19.1. The highest BCUT2D eigenvalue weighted by molar-refractivity contribution is 5.91. The van der Waals surface area contributed by atoms with Gasteiger partial charge in [-0.05, 0) is 51.1 Å². The van der Waals surface area contributed by atoms with E-state index >= 15 is 4.39 Å². The topological polar surface area (TPSA) is 96.6 Å². The second-order valence-electron chi connectivity index (χ2n) is 9.09. The third-order valence-electron chi connectivity index (χ3n) is 6.39. The van der Waals surface area contributed by atoms with Crippen molar-refractivity contribution in [1.29, 1.82) is 0 Å². The Morgan fingerprint density at radius 3 is 2.58 bits per heavy atom. The molecule has 0 unspecified atom stereocenters. The molecule has 1 aliphatic rings. The van der Waals surface area contributed by atoms with Crippen molar-refractivity contribution < 1.29 is 19.0 Å². The van der Waals surface area contributed by atoms with Gasteiger partial charge in [-0.1, -0.05) is 18.2 Å². The molecule has 36 heavy (non-hydrogen) atoms. The Morgan fingerprint density at radius 1 is 1.08 bits per heavy atom. The predicted octanol–water partition coefficient (Wildman–Crippen LogP) is 4.20.